The summed E-state index contributed by atoms with van der Waals surface area (Å²) in [6.45, 7) is 8.25. The summed E-state index contributed by atoms with van der Waals surface area (Å²) in [6.07, 6.45) is -3.24. The zero-order chi connectivity index (χ0) is 43.3. The summed E-state index contributed by atoms with van der Waals surface area (Å²) in [5.74, 6) is -5.86. The minimum absolute atomic E-state index is 0.00552. The maximum Gasteiger partial charge on any atom is 0.329 e. The van der Waals surface area contributed by atoms with Crippen molar-refractivity contribution in [1.82, 2.24) is 30.7 Å². The number of aryl methyl sites for hydroxylation is 1. The highest BCUT2D eigenvalue weighted by atomic mass is 19.1. The highest BCUT2D eigenvalue weighted by molar-refractivity contribution is 5.97. The molecule has 0 saturated carbocycles. The molecular formula is C41H55F2N7O9. The number of hydrogen-bond donors (Lipinski definition) is 6. The lowest BCUT2D eigenvalue weighted by Crippen LogP contribution is -2.64. The molecule has 322 valence electrons. The van der Waals surface area contributed by atoms with Gasteiger partial charge in [0.1, 0.15) is 48.1 Å². The molecule has 2 aromatic rings. The molecule has 0 radical (unpaired) electrons. The van der Waals surface area contributed by atoms with E-state index in [2.05, 4.69) is 21.3 Å². The van der Waals surface area contributed by atoms with Crippen LogP contribution in [0.3, 0.4) is 0 Å². The fourth-order valence-corrected chi connectivity index (χ4v) is 8.12. The van der Waals surface area contributed by atoms with Crippen LogP contribution < -0.4 is 21.3 Å². The number of benzene rings is 2. The van der Waals surface area contributed by atoms with Crippen molar-refractivity contribution >= 4 is 41.3 Å². The molecule has 0 bridgehead atoms. The SMILES string of the molecule is CCc1ccc(NC(=O)NC(Cc2cc(F)cc(F)c2)C(=O)NC2C(=O)N3CCCC3C(=O)N(C)C(C(C)O)C(O)NC(C)C(=O)N3CC(C)CC3C(=O)OC2C)cc1. The van der Waals surface area contributed by atoms with E-state index in [1.54, 1.807) is 24.3 Å². The number of aliphatic hydroxyl groups excluding tert-OH is 2. The van der Waals surface area contributed by atoms with Gasteiger partial charge in [0.25, 0.3) is 0 Å². The van der Waals surface area contributed by atoms with Gasteiger partial charge in [-0.2, -0.15) is 0 Å². The van der Waals surface area contributed by atoms with Crippen molar-refractivity contribution in [2.24, 2.45) is 5.92 Å². The minimum Gasteiger partial charge on any atom is -0.458 e. The number of nitrogens with zero attached hydrogens (tertiary/aromatic N) is 3. The Hall–Kier alpha value is -5.20. The number of urea groups is 1. The summed E-state index contributed by atoms with van der Waals surface area (Å²) in [4.78, 5) is 87.7. The summed E-state index contributed by atoms with van der Waals surface area (Å²) in [7, 11) is 1.36. The van der Waals surface area contributed by atoms with Gasteiger partial charge in [0.2, 0.25) is 23.6 Å². The number of likely N-dealkylation sites (N-methyl/N-ethyl adjacent to an activating group) is 1. The first-order valence-electron chi connectivity index (χ1n) is 20.0. The zero-order valence-electron chi connectivity index (χ0n) is 34.1. The molecule has 0 spiro atoms. The maximum absolute atomic E-state index is 14.6. The lowest BCUT2D eigenvalue weighted by molar-refractivity contribution is -0.163. The molecule has 3 aliphatic heterocycles. The normalized spacial score (nSPS) is 28.1. The number of carbonyl (C=O) groups is 6. The summed E-state index contributed by atoms with van der Waals surface area (Å²) in [5.41, 5.74) is 1.41. The van der Waals surface area contributed by atoms with Crippen LogP contribution in [0.5, 0.6) is 0 Å². The summed E-state index contributed by atoms with van der Waals surface area (Å²) < 4.78 is 34.5. The fourth-order valence-electron chi connectivity index (χ4n) is 8.12. The van der Waals surface area contributed by atoms with E-state index >= 15 is 0 Å². The Morgan fingerprint density at radius 3 is 2.24 bits per heavy atom. The monoisotopic (exact) mass is 827 g/mol. The maximum atomic E-state index is 14.6. The van der Waals surface area contributed by atoms with E-state index in [0.717, 1.165) is 29.0 Å². The van der Waals surface area contributed by atoms with Crippen LogP contribution in [0.15, 0.2) is 42.5 Å². The second-order valence-corrected chi connectivity index (χ2v) is 15.9. The van der Waals surface area contributed by atoms with Gasteiger partial charge in [-0.05, 0) is 87.8 Å². The number of nitrogens with one attached hydrogen (secondary N) is 4. The summed E-state index contributed by atoms with van der Waals surface area (Å²) in [6, 6.07) is 0.953. The average Bonchev–Trinajstić information content (AvgIpc) is 3.82. The largest absolute Gasteiger partial charge is 0.458 e. The molecule has 10 atom stereocenters. The van der Waals surface area contributed by atoms with Gasteiger partial charge < -0.3 is 45.6 Å². The highest BCUT2D eigenvalue weighted by Gasteiger charge is 2.47. The number of anilines is 1. The molecule has 6 N–H and O–H groups in total. The molecule has 3 saturated heterocycles. The molecule has 6 amide bonds. The molecule has 18 heteroatoms. The van der Waals surface area contributed by atoms with Crippen LogP contribution in [-0.2, 0) is 41.6 Å². The number of ether oxygens (including phenoxy) is 1. The Balaban J connectivity index is 1.51. The van der Waals surface area contributed by atoms with Crippen LogP contribution in [0.2, 0.25) is 0 Å². The summed E-state index contributed by atoms with van der Waals surface area (Å²) in [5, 5.41) is 32.5. The number of esters is 1. The van der Waals surface area contributed by atoms with E-state index in [9.17, 15) is 47.8 Å². The first kappa shape index (κ1) is 44.9. The molecule has 0 aromatic heterocycles. The van der Waals surface area contributed by atoms with Crippen LogP contribution in [-0.4, -0.2) is 135 Å². The summed E-state index contributed by atoms with van der Waals surface area (Å²) >= 11 is 0. The van der Waals surface area contributed by atoms with Gasteiger partial charge in [-0.15, -0.1) is 0 Å². The predicted octanol–water partition coefficient (Wildman–Crippen LogP) is 1.42. The third kappa shape index (κ3) is 10.7. The lowest BCUT2D eigenvalue weighted by atomic mass is 10.0. The van der Waals surface area contributed by atoms with E-state index in [0.29, 0.717) is 18.2 Å². The topological polar surface area (TPSA) is 210 Å². The van der Waals surface area contributed by atoms with Crippen molar-refractivity contribution in [3.63, 3.8) is 0 Å². The van der Waals surface area contributed by atoms with Gasteiger partial charge in [0.15, 0.2) is 0 Å². The van der Waals surface area contributed by atoms with Gasteiger partial charge in [-0.3, -0.25) is 24.5 Å². The third-order valence-corrected chi connectivity index (χ3v) is 11.2. The van der Waals surface area contributed by atoms with Gasteiger partial charge in [0, 0.05) is 38.3 Å². The van der Waals surface area contributed by atoms with Crippen molar-refractivity contribution < 1.29 is 52.5 Å². The number of cyclic esters (lactones) is 1. The molecule has 5 rings (SSSR count). The molecule has 16 nitrogen and oxygen atoms in total. The predicted molar refractivity (Wildman–Crippen MR) is 210 cm³/mol. The first-order chi connectivity index (χ1) is 27.9. The van der Waals surface area contributed by atoms with Crippen LogP contribution in [0.4, 0.5) is 19.3 Å². The Kier molecular flexibility index (Phi) is 14.6. The Morgan fingerprint density at radius 2 is 1.61 bits per heavy atom. The van der Waals surface area contributed by atoms with Crippen LogP contribution in [0.25, 0.3) is 0 Å². The minimum atomic E-state index is -1.67. The van der Waals surface area contributed by atoms with E-state index in [4.69, 9.17) is 4.74 Å². The second kappa shape index (κ2) is 19.2. The Labute approximate surface area is 342 Å². The van der Waals surface area contributed by atoms with E-state index in [1.165, 1.54) is 37.6 Å². The number of fused-ring (bicyclic) bond motifs is 2. The first-order valence-corrected chi connectivity index (χ1v) is 20.0. The quantitative estimate of drug-likeness (QED) is 0.211. The van der Waals surface area contributed by atoms with Crippen molar-refractivity contribution in [2.45, 2.75) is 121 Å². The molecule has 3 heterocycles. The molecule has 0 aliphatic carbocycles. The number of halogens is 2. The Morgan fingerprint density at radius 1 is 0.949 bits per heavy atom. The van der Waals surface area contributed by atoms with Crippen LogP contribution in [0.1, 0.15) is 65.0 Å². The van der Waals surface area contributed by atoms with Crippen LogP contribution >= 0.6 is 0 Å². The standard InChI is InChI=1S/C41H55F2N7O9/c1-7-25-10-12-29(13-11-25)45-41(58)46-30(18-26-16-27(42)19-28(43)17-26)35(52)47-33-24(5)59-40(57)32-15-21(2)20-50(32)37(54)22(3)44-36(53)34(23(4)51)48(6)38(55)31-9-8-14-49(31)39(33)56/h10-13,16-17,19,21-24,30-34,36,44,51,53H,7-9,14-15,18,20H2,1-6H3,(H,47,52)(H2,45,46,58). The van der Waals surface area contributed by atoms with Crippen molar-refractivity contribution in [3.05, 3.63) is 65.2 Å². The van der Waals surface area contributed by atoms with E-state index in [1.807, 2.05) is 13.8 Å². The van der Waals surface area contributed by atoms with Gasteiger partial charge >= 0.3 is 12.0 Å². The zero-order valence-corrected chi connectivity index (χ0v) is 34.1. The number of rotatable bonds is 8. The molecule has 2 aromatic carbocycles. The van der Waals surface area contributed by atoms with Crippen molar-refractivity contribution in [2.75, 3.05) is 25.5 Å². The van der Waals surface area contributed by atoms with E-state index < -0.39 is 108 Å². The Bertz CT molecular complexity index is 1860. The third-order valence-electron chi connectivity index (χ3n) is 11.2. The fraction of sp³-hybridized carbons (Fsp3) is 0.561. The van der Waals surface area contributed by atoms with Gasteiger partial charge in [-0.25, -0.2) is 18.4 Å². The molecule has 3 aliphatic rings. The van der Waals surface area contributed by atoms with E-state index in [-0.39, 0.29) is 37.4 Å². The number of amides is 6. The number of aliphatic hydroxyl groups is 2. The number of carbonyl (C=O) groups excluding carboxylic acids is 6. The number of hydrogen-bond acceptors (Lipinski definition) is 10. The molecule has 59 heavy (non-hydrogen) atoms. The highest BCUT2D eigenvalue weighted by Crippen LogP contribution is 2.28. The average molecular weight is 828 g/mol. The second-order valence-electron chi connectivity index (χ2n) is 15.9. The van der Waals surface area contributed by atoms with Crippen LogP contribution in [0, 0.1) is 17.6 Å². The van der Waals surface area contributed by atoms with Crippen molar-refractivity contribution in [1.29, 1.82) is 0 Å². The molecular weight excluding hydrogens is 772 g/mol. The van der Waals surface area contributed by atoms with Crippen molar-refractivity contribution in [3.8, 4) is 0 Å². The molecule has 3 fully saturated rings. The van der Waals surface area contributed by atoms with Gasteiger partial charge in [0.05, 0.1) is 18.2 Å². The van der Waals surface area contributed by atoms with Gasteiger partial charge in [-0.1, -0.05) is 26.0 Å². The lowest BCUT2D eigenvalue weighted by Gasteiger charge is -2.39. The smallest absolute Gasteiger partial charge is 0.329 e. The molecule has 10 unspecified atom stereocenters.